The van der Waals surface area contributed by atoms with Crippen LogP contribution in [0.25, 0.3) is 0 Å². The smallest absolute Gasteiger partial charge is 0.407 e. The molecule has 0 radical (unpaired) electrons. The van der Waals surface area contributed by atoms with Gasteiger partial charge in [-0.1, -0.05) is 17.3 Å². The first kappa shape index (κ1) is 18.5. The third-order valence-corrected chi connectivity index (χ3v) is 3.05. The maximum Gasteiger partial charge on any atom is 0.407 e. The van der Waals surface area contributed by atoms with E-state index in [4.69, 9.17) is 14.0 Å². The van der Waals surface area contributed by atoms with Crippen molar-refractivity contribution in [1.29, 1.82) is 0 Å². The van der Waals surface area contributed by atoms with Crippen LogP contribution in [0, 0.1) is 6.92 Å². The molecular weight excluding hydrogens is 324 g/mol. The van der Waals surface area contributed by atoms with Crippen molar-refractivity contribution >= 4 is 12.1 Å². The van der Waals surface area contributed by atoms with Gasteiger partial charge in [-0.05, 0) is 45.4 Å². The summed E-state index contributed by atoms with van der Waals surface area (Å²) in [6, 6.07) is 8.47. The standard InChI is InChI=1S/C18H22N2O5/c1-12-9-15(25-20-12)11-23-16(21)14-7-5-13(6-8-14)10-19-17(22)24-18(2,3)4/h5-9H,10-11H2,1-4H3,(H,19,22). The van der Waals surface area contributed by atoms with Crippen molar-refractivity contribution in [3.63, 3.8) is 0 Å². The van der Waals surface area contributed by atoms with E-state index in [9.17, 15) is 9.59 Å². The topological polar surface area (TPSA) is 90.7 Å². The molecule has 0 aliphatic heterocycles. The Morgan fingerprint density at radius 1 is 1.20 bits per heavy atom. The van der Waals surface area contributed by atoms with Crippen LogP contribution >= 0.6 is 0 Å². The summed E-state index contributed by atoms with van der Waals surface area (Å²) in [5.41, 5.74) is 1.44. The fourth-order valence-corrected chi connectivity index (χ4v) is 1.95. The van der Waals surface area contributed by atoms with Gasteiger partial charge in [-0.3, -0.25) is 0 Å². The quantitative estimate of drug-likeness (QED) is 0.835. The molecule has 7 heteroatoms. The Labute approximate surface area is 146 Å². The van der Waals surface area contributed by atoms with Gasteiger partial charge in [-0.2, -0.15) is 0 Å². The Kier molecular flexibility index (Phi) is 5.80. The molecule has 0 aliphatic rings. The molecule has 0 unspecified atom stereocenters. The zero-order chi connectivity index (χ0) is 18.4. The molecule has 1 N–H and O–H groups in total. The third kappa shape index (κ3) is 6.29. The van der Waals surface area contributed by atoms with E-state index in [0.29, 0.717) is 17.9 Å². The first-order chi connectivity index (χ1) is 11.7. The third-order valence-electron chi connectivity index (χ3n) is 3.05. The van der Waals surface area contributed by atoms with Crippen molar-refractivity contribution in [1.82, 2.24) is 10.5 Å². The number of hydrogen-bond acceptors (Lipinski definition) is 6. The molecule has 0 bridgehead atoms. The molecule has 0 aliphatic carbocycles. The first-order valence-electron chi connectivity index (χ1n) is 7.88. The molecule has 7 nitrogen and oxygen atoms in total. The molecule has 0 atom stereocenters. The van der Waals surface area contributed by atoms with E-state index in [1.54, 1.807) is 58.0 Å². The molecule has 2 rings (SSSR count). The van der Waals surface area contributed by atoms with Gasteiger partial charge in [-0.15, -0.1) is 0 Å². The van der Waals surface area contributed by atoms with E-state index in [0.717, 1.165) is 11.3 Å². The highest BCUT2D eigenvalue weighted by molar-refractivity contribution is 5.89. The van der Waals surface area contributed by atoms with E-state index in [1.807, 2.05) is 0 Å². The Morgan fingerprint density at radius 2 is 1.88 bits per heavy atom. The number of rotatable bonds is 5. The van der Waals surface area contributed by atoms with Crippen LogP contribution in [0.4, 0.5) is 4.79 Å². The number of amides is 1. The Balaban J connectivity index is 1.82. The number of ether oxygens (including phenoxy) is 2. The van der Waals surface area contributed by atoms with Gasteiger partial charge in [0.2, 0.25) is 0 Å². The highest BCUT2D eigenvalue weighted by Gasteiger charge is 2.15. The average molecular weight is 346 g/mol. The van der Waals surface area contributed by atoms with Crippen molar-refractivity contribution in [2.24, 2.45) is 0 Å². The summed E-state index contributed by atoms with van der Waals surface area (Å²) in [5.74, 6) is 0.0322. The Morgan fingerprint density at radius 3 is 2.44 bits per heavy atom. The van der Waals surface area contributed by atoms with Gasteiger partial charge in [0, 0.05) is 12.6 Å². The largest absolute Gasteiger partial charge is 0.454 e. The molecule has 0 spiro atoms. The number of alkyl carbamates (subject to hydrolysis) is 1. The second kappa shape index (κ2) is 7.83. The fraction of sp³-hybridized carbons (Fsp3) is 0.389. The van der Waals surface area contributed by atoms with Crippen LogP contribution in [0.5, 0.6) is 0 Å². The zero-order valence-corrected chi connectivity index (χ0v) is 14.8. The molecule has 1 amide bonds. The van der Waals surface area contributed by atoms with Gasteiger partial charge in [0.05, 0.1) is 11.3 Å². The van der Waals surface area contributed by atoms with E-state index in [2.05, 4.69) is 10.5 Å². The van der Waals surface area contributed by atoms with Gasteiger partial charge in [0.15, 0.2) is 12.4 Å². The number of carbonyl (C=O) groups excluding carboxylic acids is 2. The van der Waals surface area contributed by atoms with Crippen molar-refractivity contribution < 1.29 is 23.6 Å². The summed E-state index contributed by atoms with van der Waals surface area (Å²) in [6.07, 6.45) is -0.488. The second-order valence-electron chi connectivity index (χ2n) is 6.56. The lowest BCUT2D eigenvalue weighted by molar-refractivity contribution is 0.0436. The van der Waals surface area contributed by atoms with E-state index in [1.165, 1.54) is 0 Å². The van der Waals surface area contributed by atoms with E-state index >= 15 is 0 Å². The van der Waals surface area contributed by atoms with Crippen LogP contribution in [-0.4, -0.2) is 22.8 Å². The number of esters is 1. The summed E-state index contributed by atoms with van der Waals surface area (Å²) in [5, 5.41) is 6.38. The molecule has 0 saturated heterocycles. The van der Waals surface area contributed by atoms with E-state index < -0.39 is 17.7 Å². The number of nitrogens with one attached hydrogen (secondary N) is 1. The maximum absolute atomic E-state index is 12.0. The first-order valence-corrected chi connectivity index (χ1v) is 7.88. The van der Waals surface area contributed by atoms with Crippen LogP contribution in [0.1, 0.15) is 48.1 Å². The van der Waals surface area contributed by atoms with Crippen molar-refractivity contribution in [2.75, 3.05) is 0 Å². The average Bonchev–Trinajstić information content (AvgIpc) is 2.95. The van der Waals surface area contributed by atoms with Crippen LogP contribution in [0.3, 0.4) is 0 Å². The summed E-state index contributed by atoms with van der Waals surface area (Å²) in [6.45, 7) is 7.52. The SMILES string of the molecule is Cc1cc(COC(=O)c2ccc(CNC(=O)OC(C)(C)C)cc2)on1. The lowest BCUT2D eigenvalue weighted by atomic mass is 10.1. The number of benzene rings is 1. The summed E-state index contributed by atoms with van der Waals surface area (Å²) < 4.78 is 15.3. The molecular formula is C18H22N2O5. The minimum absolute atomic E-state index is 0.0294. The molecule has 134 valence electrons. The van der Waals surface area contributed by atoms with Crippen LogP contribution < -0.4 is 5.32 Å². The number of aryl methyl sites for hydroxylation is 1. The highest BCUT2D eigenvalue weighted by atomic mass is 16.6. The fourth-order valence-electron chi connectivity index (χ4n) is 1.95. The number of aromatic nitrogens is 1. The van der Waals surface area contributed by atoms with Crippen LogP contribution in [-0.2, 0) is 22.6 Å². The minimum Gasteiger partial charge on any atom is -0.454 e. The van der Waals surface area contributed by atoms with Crippen LogP contribution in [0.2, 0.25) is 0 Å². The Hall–Kier alpha value is -2.83. The van der Waals surface area contributed by atoms with Gasteiger partial charge in [0.25, 0.3) is 0 Å². The van der Waals surface area contributed by atoms with Crippen molar-refractivity contribution in [3.05, 3.63) is 52.9 Å². The number of carbonyl (C=O) groups is 2. The second-order valence-corrected chi connectivity index (χ2v) is 6.56. The predicted molar refractivity (Wildman–Crippen MR) is 89.9 cm³/mol. The van der Waals surface area contributed by atoms with Crippen molar-refractivity contribution in [2.45, 2.75) is 46.4 Å². The number of hydrogen-bond donors (Lipinski definition) is 1. The monoisotopic (exact) mass is 346 g/mol. The zero-order valence-electron chi connectivity index (χ0n) is 14.8. The molecule has 1 aromatic carbocycles. The molecule has 1 heterocycles. The predicted octanol–water partition coefficient (Wildman–Crippen LogP) is 3.36. The lowest BCUT2D eigenvalue weighted by Crippen LogP contribution is -2.32. The molecule has 1 aromatic heterocycles. The van der Waals surface area contributed by atoms with Gasteiger partial charge in [-0.25, -0.2) is 9.59 Å². The highest BCUT2D eigenvalue weighted by Crippen LogP contribution is 2.10. The molecule has 2 aromatic rings. The lowest BCUT2D eigenvalue weighted by Gasteiger charge is -2.19. The number of nitrogens with zero attached hydrogens (tertiary/aromatic N) is 1. The molecule has 0 saturated carbocycles. The van der Waals surface area contributed by atoms with Crippen LogP contribution in [0.15, 0.2) is 34.9 Å². The minimum atomic E-state index is -0.542. The molecule has 0 fully saturated rings. The maximum atomic E-state index is 12.0. The van der Waals surface area contributed by atoms with Gasteiger partial charge >= 0.3 is 12.1 Å². The normalized spacial score (nSPS) is 11.0. The van der Waals surface area contributed by atoms with E-state index in [-0.39, 0.29) is 6.61 Å². The van der Waals surface area contributed by atoms with Gasteiger partial charge in [0.1, 0.15) is 5.60 Å². The Bertz CT molecular complexity index is 729. The summed E-state index contributed by atoms with van der Waals surface area (Å²) in [7, 11) is 0. The van der Waals surface area contributed by atoms with Crippen molar-refractivity contribution in [3.8, 4) is 0 Å². The summed E-state index contributed by atoms with van der Waals surface area (Å²) in [4.78, 5) is 23.6. The molecule has 25 heavy (non-hydrogen) atoms. The van der Waals surface area contributed by atoms with Gasteiger partial charge < -0.3 is 19.3 Å². The summed E-state index contributed by atoms with van der Waals surface area (Å²) >= 11 is 0.